The lowest BCUT2D eigenvalue weighted by Crippen LogP contribution is -2.29. The van der Waals surface area contributed by atoms with Crippen LogP contribution >= 0.6 is 12.4 Å². The van der Waals surface area contributed by atoms with Gasteiger partial charge in [-0.05, 0) is 43.5 Å². The van der Waals surface area contributed by atoms with E-state index in [9.17, 15) is 13.2 Å². The molecule has 130 valence electrons. The predicted octanol–water partition coefficient (Wildman–Crippen LogP) is 1.67. The number of halogens is 1. The molecule has 0 heterocycles. The zero-order valence-corrected chi connectivity index (χ0v) is 15.0. The maximum absolute atomic E-state index is 12.4. The quantitative estimate of drug-likeness (QED) is 0.834. The van der Waals surface area contributed by atoms with Crippen LogP contribution in [0, 0.1) is 11.8 Å². The summed E-state index contributed by atoms with van der Waals surface area (Å²) in [6.07, 6.45) is 2.82. The van der Waals surface area contributed by atoms with Gasteiger partial charge in [0.15, 0.2) is 0 Å². The molecule has 0 aromatic heterocycles. The molecular weight excluding hydrogens is 338 g/mol. The van der Waals surface area contributed by atoms with Crippen molar-refractivity contribution in [1.29, 1.82) is 0 Å². The van der Waals surface area contributed by atoms with Crippen LogP contribution in [0.2, 0.25) is 0 Å². The lowest BCUT2D eigenvalue weighted by molar-refractivity contribution is -0.120. The van der Waals surface area contributed by atoms with Crippen LogP contribution in [-0.2, 0) is 14.8 Å². The fraction of sp³-hybridized carbons (Fsp3) is 0.533. The maximum Gasteiger partial charge on any atom is 0.242 e. The highest BCUT2D eigenvalue weighted by Gasteiger charge is 2.32. The van der Waals surface area contributed by atoms with Gasteiger partial charge in [0, 0.05) is 25.7 Å². The summed E-state index contributed by atoms with van der Waals surface area (Å²) in [4.78, 5) is 12.5. The number of anilines is 1. The third kappa shape index (κ3) is 4.44. The second kappa shape index (κ2) is 8.10. The zero-order chi connectivity index (χ0) is 16.3. The van der Waals surface area contributed by atoms with E-state index in [2.05, 4.69) is 5.32 Å². The van der Waals surface area contributed by atoms with Gasteiger partial charge in [-0.25, -0.2) is 12.7 Å². The number of carbonyl (C=O) groups excluding carboxylic acids is 1. The molecule has 1 aromatic rings. The number of amides is 1. The summed E-state index contributed by atoms with van der Waals surface area (Å²) < 4.78 is 25.4. The summed E-state index contributed by atoms with van der Waals surface area (Å²) in [5, 5.41) is 2.82. The first-order chi connectivity index (χ1) is 10.4. The Labute approximate surface area is 143 Å². The Kier molecular flexibility index (Phi) is 7.01. The molecule has 0 radical (unpaired) electrons. The van der Waals surface area contributed by atoms with Crippen molar-refractivity contribution >= 4 is 34.0 Å². The summed E-state index contributed by atoms with van der Waals surface area (Å²) in [6, 6.07) is 6.32. The molecule has 2 atom stereocenters. The fourth-order valence-corrected chi connectivity index (χ4v) is 3.79. The van der Waals surface area contributed by atoms with Crippen molar-refractivity contribution in [1.82, 2.24) is 4.31 Å². The summed E-state index contributed by atoms with van der Waals surface area (Å²) in [5.41, 5.74) is 6.20. The molecule has 8 heteroatoms. The lowest BCUT2D eigenvalue weighted by atomic mass is 9.95. The van der Waals surface area contributed by atoms with E-state index in [1.54, 1.807) is 12.1 Å². The molecule has 1 fully saturated rings. The molecule has 0 bridgehead atoms. The molecule has 1 aromatic carbocycles. The van der Waals surface area contributed by atoms with Crippen molar-refractivity contribution in [3.8, 4) is 0 Å². The SMILES string of the molecule is CN(C)S(=O)(=O)c1cccc(NC(=O)[C@@H]2CCC[C@@H]2CN)c1.Cl. The number of nitrogens with two attached hydrogens (primary N) is 1. The van der Waals surface area contributed by atoms with E-state index in [1.165, 1.54) is 26.2 Å². The summed E-state index contributed by atoms with van der Waals surface area (Å²) >= 11 is 0. The molecule has 2 rings (SSSR count). The van der Waals surface area contributed by atoms with Gasteiger partial charge in [-0.2, -0.15) is 0 Å². The molecule has 1 aliphatic rings. The van der Waals surface area contributed by atoms with E-state index in [1.807, 2.05) is 0 Å². The zero-order valence-electron chi connectivity index (χ0n) is 13.4. The third-order valence-corrected chi connectivity index (χ3v) is 5.99. The van der Waals surface area contributed by atoms with Crippen LogP contribution < -0.4 is 11.1 Å². The van der Waals surface area contributed by atoms with Crippen molar-refractivity contribution in [2.45, 2.75) is 24.2 Å². The number of rotatable bonds is 5. The standard InChI is InChI=1S/C15H23N3O3S.ClH/c1-18(2)22(20,21)13-7-4-6-12(9-13)17-15(19)14-8-3-5-11(14)10-16;/h4,6-7,9,11,14H,3,5,8,10,16H2,1-2H3,(H,17,19);1H/t11-,14-;/m1./s1. The molecule has 1 saturated carbocycles. The van der Waals surface area contributed by atoms with Crippen LogP contribution in [0.1, 0.15) is 19.3 Å². The minimum atomic E-state index is -3.51. The average molecular weight is 362 g/mol. The third-order valence-electron chi connectivity index (χ3n) is 4.18. The highest BCUT2D eigenvalue weighted by Crippen LogP contribution is 2.32. The molecule has 1 aliphatic carbocycles. The van der Waals surface area contributed by atoms with Gasteiger partial charge in [-0.15, -0.1) is 12.4 Å². The van der Waals surface area contributed by atoms with E-state index < -0.39 is 10.0 Å². The Morgan fingerprint density at radius 1 is 1.35 bits per heavy atom. The molecule has 0 unspecified atom stereocenters. The van der Waals surface area contributed by atoms with Crippen LogP contribution in [0.4, 0.5) is 5.69 Å². The largest absolute Gasteiger partial charge is 0.330 e. The minimum absolute atomic E-state index is 0. The molecule has 6 nitrogen and oxygen atoms in total. The van der Waals surface area contributed by atoms with Crippen LogP contribution in [0.15, 0.2) is 29.2 Å². The van der Waals surface area contributed by atoms with Gasteiger partial charge in [0.1, 0.15) is 0 Å². The van der Waals surface area contributed by atoms with Gasteiger partial charge < -0.3 is 11.1 Å². The van der Waals surface area contributed by atoms with Crippen LogP contribution in [0.3, 0.4) is 0 Å². The maximum atomic E-state index is 12.4. The topological polar surface area (TPSA) is 92.5 Å². The van der Waals surface area contributed by atoms with Crippen molar-refractivity contribution < 1.29 is 13.2 Å². The second-order valence-corrected chi connectivity index (χ2v) is 7.99. The number of nitrogens with one attached hydrogen (secondary N) is 1. The lowest BCUT2D eigenvalue weighted by Gasteiger charge is -2.18. The Morgan fingerprint density at radius 2 is 2.04 bits per heavy atom. The predicted molar refractivity (Wildman–Crippen MR) is 93.1 cm³/mol. The molecule has 0 spiro atoms. The normalized spacial score (nSPS) is 21.0. The number of nitrogens with zero attached hydrogens (tertiary/aromatic N) is 1. The molecule has 1 amide bonds. The van der Waals surface area contributed by atoms with E-state index in [0.717, 1.165) is 23.6 Å². The minimum Gasteiger partial charge on any atom is -0.330 e. The highest BCUT2D eigenvalue weighted by atomic mass is 35.5. The molecule has 3 N–H and O–H groups in total. The molecular formula is C15H24ClN3O3S. The number of sulfonamides is 1. The van der Waals surface area contributed by atoms with E-state index in [4.69, 9.17) is 5.73 Å². The second-order valence-electron chi connectivity index (χ2n) is 5.84. The van der Waals surface area contributed by atoms with E-state index >= 15 is 0 Å². The first-order valence-corrected chi connectivity index (χ1v) is 8.84. The van der Waals surface area contributed by atoms with E-state index in [0.29, 0.717) is 12.2 Å². The van der Waals surface area contributed by atoms with Gasteiger partial charge in [0.05, 0.1) is 4.90 Å². The van der Waals surface area contributed by atoms with Crippen molar-refractivity contribution in [2.24, 2.45) is 17.6 Å². The number of hydrogen-bond acceptors (Lipinski definition) is 4. The van der Waals surface area contributed by atoms with Crippen molar-refractivity contribution in [2.75, 3.05) is 26.0 Å². The Bertz CT molecular complexity index is 649. The average Bonchev–Trinajstić information content (AvgIpc) is 2.96. The fourth-order valence-electron chi connectivity index (χ4n) is 2.84. The van der Waals surface area contributed by atoms with Gasteiger partial charge in [-0.1, -0.05) is 12.5 Å². The first-order valence-electron chi connectivity index (χ1n) is 7.39. The van der Waals surface area contributed by atoms with Gasteiger partial charge >= 0.3 is 0 Å². The van der Waals surface area contributed by atoms with Crippen molar-refractivity contribution in [3.63, 3.8) is 0 Å². The Morgan fingerprint density at radius 3 is 2.65 bits per heavy atom. The Balaban J connectivity index is 0.00000264. The van der Waals surface area contributed by atoms with Crippen LogP contribution in [-0.4, -0.2) is 39.3 Å². The number of hydrogen-bond donors (Lipinski definition) is 2. The molecule has 0 aliphatic heterocycles. The monoisotopic (exact) mass is 361 g/mol. The summed E-state index contributed by atoms with van der Waals surface area (Å²) in [6.45, 7) is 0.507. The number of carbonyl (C=O) groups is 1. The highest BCUT2D eigenvalue weighted by molar-refractivity contribution is 7.89. The Hall–Kier alpha value is -1.15. The van der Waals surface area contributed by atoms with Gasteiger partial charge in [0.25, 0.3) is 0 Å². The molecule has 23 heavy (non-hydrogen) atoms. The van der Waals surface area contributed by atoms with Crippen LogP contribution in [0.25, 0.3) is 0 Å². The van der Waals surface area contributed by atoms with E-state index in [-0.39, 0.29) is 35.0 Å². The van der Waals surface area contributed by atoms with Crippen molar-refractivity contribution in [3.05, 3.63) is 24.3 Å². The van der Waals surface area contributed by atoms with Gasteiger partial charge in [-0.3, -0.25) is 4.79 Å². The summed E-state index contributed by atoms with van der Waals surface area (Å²) in [5.74, 6) is 0.0557. The van der Waals surface area contributed by atoms with Gasteiger partial charge in [0.2, 0.25) is 15.9 Å². The summed E-state index contributed by atoms with van der Waals surface area (Å²) in [7, 11) is -0.553. The van der Waals surface area contributed by atoms with Crippen LogP contribution in [0.5, 0.6) is 0 Å². The number of benzene rings is 1. The molecule has 0 saturated heterocycles. The first kappa shape index (κ1) is 19.9. The smallest absolute Gasteiger partial charge is 0.242 e.